The van der Waals surface area contributed by atoms with Crippen molar-refractivity contribution in [1.29, 1.82) is 0 Å². The molecule has 2 aromatic rings. The molecule has 0 atom stereocenters. The van der Waals surface area contributed by atoms with Crippen LogP contribution >= 0.6 is 39.3 Å². The van der Waals surface area contributed by atoms with Crippen LogP contribution in [0.3, 0.4) is 0 Å². The van der Waals surface area contributed by atoms with Crippen LogP contribution in [0.15, 0.2) is 51.9 Å². The number of hydrogen-bond donors (Lipinski definition) is 0. The van der Waals surface area contributed by atoms with Gasteiger partial charge in [0.25, 0.3) is 11.1 Å². The van der Waals surface area contributed by atoms with Crippen molar-refractivity contribution < 1.29 is 9.59 Å². The lowest BCUT2D eigenvalue weighted by atomic mass is 9.88. The van der Waals surface area contributed by atoms with Gasteiger partial charge in [0.15, 0.2) is 0 Å². The van der Waals surface area contributed by atoms with Gasteiger partial charge in [0.05, 0.1) is 17.0 Å². The molecule has 2 amide bonds. The summed E-state index contributed by atoms with van der Waals surface area (Å²) in [6.07, 6.45) is 3.99. The molecule has 0 saturated carbocycles. The molecule has 4 nitrogen and oxygen atoms in total. The van der Waals surface area contributed by atoms with E-state index in [1.807, 2.05) is 36.4 Å². The van der Waals surface area contributed by atoms with E-state index in [2.05, 4.69) is 54.6 Å². The third-order valence-electron chi connectivity index (χ3n) is 5.83. The smallest absolute Gasteiger partial charge is 0.293 e. The molecule has 32 heavy (non-hydrogen) atoms. The number of amides is 2. The minimum atomic E-state index is -0.291. The molecule has 0 N–H and O–H groups in total. The summed E-state index contributed by atoms with van der Waals surface area (Å²) in [5.41, 5.74) is 4.88. The molecule has 0 radical (unpaired) electrons. The highest BCUT2D eigenvalue weighted by Crippen LogP contribution is 2.42. The van der Waals surface area contributed by atoms with Crippen molar-refractivity contribution in [2.75, 3.05) is 11.4 Å². The zero-order valence-corrected chi connectivity index (χ0v) is 21.6. The summed E-state index contributed by atoms with van der Waals surface area (Å²) in [7, 11) is 0. The molecule has 2 aliphatic heterocycles. The molecular formula is C25H24BrClN2O2S. The highest BCUT2D eigenvalue weighted by atomic mass is 79.9. The maximum Gasteiger partial charge on any atom is 0.293 e. The average Bonchev–Trinajstić information content (AvgIpc) is 2.98. The molecule has 0 bridgehead atoms. The summed E-state index contributed by atoms with van der Waals surface area (Å²) in [4.78, 5) is 29.5. The monoisotopic (exact) mass is 530 g/mol. The van der Waals surface area contributed by atoms with Gasteiger partial charge in [-0.1, -0.05) is 45.7 Å². The molecule has 1 saturated heterocycles. The molecule has 2 aromatic carbocycles. The number of anilines is 1. The second-order valence-corrected chi connectivity index (χ2v) is 10.8. The molecule has 0 aromatic heterocycles. The van der Waals surface area contributed by atoms with Crippen LogP contribution in [0, 0.1) is 0 Å². The maximum atomic E-state index is 13.0. The first kappa shape index (κ1) is 23.1. The van der Waals surface area contributed by atoms with Crippen molar-refractivity contribution in [3.8, 4) is 0 Å². The van der Waals surface area contributed by atoms with Crippen LogP contribution in [0.1, 0.15) is 44.4 Å². The Kier molecular flexibility index (Phi) is 6.31. The lowest BCUT2D eigenvalue weighted by molar-refractivity contribution is -0.123. The fraction of sp³-hybridized carbons (Fsp3) is 0.280. The number of hydrogen-bond acceptors (Lipinski definition) is 4. The molecular weight excluding hydrogens is 508 g/mol. The van der Waals surface area contributed by atoms with Crippen molar-refractivity contribution in [2.24, 2.45) is 0 Å². The summed E-state index contributed by atoms with van der Waals surface area (Å²) < 4.78 is 0.951. The Balaban J connectivity index is 1.66. The van der Waals surface area contributed by atoms with Gasteiger partial charge in [-0.05, 0) is 86.5 Å². The van der Waals surface area contributed by atoms with Gasteiger partial charge in [-0.15, -0.1) is 0 Å². The van der Waals surface area contributed by atoms with Gasteiger partial charge in [0.1, 0.15) is 0 Å². The van der Waals surface area contributed by atoms with E-state index in [4.69, 9.17) is 11.6 Å². The van der Waals surface area contributed by atoms with Crippen LogP contribution < -0.4 is 4.90 Å². The summed E-state index contributed by atoms with van der Waals surface area (Å²) in [5.74, 6) is -0.291. The van der Waals surface area contributed by atoms with Gasteiger partial charge in [0.2, 0.25) is 0 Å². The van der Waals surface area contributed by atoms with E-state index in [9.17, 15) is 9.59 Å². The van der Waals surface area contributed by atoms with E-state index in [1.165, 1.54) is 10.5 Å². The van der Waals surface area contributed by atoms with Gasteiger partial charge in [-0.25, -0.2) is 0 Å². The standard InChI is InChI=1S/C25H24BrClN2O2S/c1-5-29-21-12-20(27)17(10-19(21)15(2)13-25(29,3)4)11-22-23(30)28(24(31)32-22)14-16-6-8-18(26)9-7-16/h6-13H,5,14H2,1-4H3/b22-11+. The van der Waals surface area contributed by atoms with Crippen LogP contribution in [-0.2, 0) is 11.3 Å². The van der Waals surface area contributed by atoms with Crippen LogP contribution in [-0.4, -0.2) is 28.1 Å². The average molecular weight is 532 g/mol. The molecule has 2 aliphatic rings. The first-order valence-electron chi connectivity index (χ1n) is 10.4. The Hall–Kier alpha value is -2.02. The van der Waals surface area contributed by atoms with Crippen molar-refractivity contribution in [3.63, 3.8) is 0 Å². The molecule has 2 heterocycles. The summed E-state index contributed by atoms with van der Waals surface area (Å²) in [6.45, 7) is 9.70. The van der Waals surface area contributed by atoms with Crippen LogP contribution in [0.2, 0.25) is 5.02 Å². The first-order chi connectivity index (χ1) is 15.1. The zero-order chi connectivity index (χ0) is 23.2. The number of thioether (sulfide) groups is 1. The second-order valence-electron chi connectivity index (χ2n) is 8.51. The Morgan fingerprint density at radius 1 is 1.16 bits per heavy atom. The van der Waals surface area contributed by atoms with Crippen LogP contribution in [0.5, 0.6) is 0 Å². The number of rotatable bonds is 4. The van der Waals surface area contributed by atoms with Crippen molar-refractivity contribution in [2.45, 2.75) is 39.8 Å². The van der Waals surface area contributed by atoms with Gasteiger partial charge in [-0.2, -0.15) is 0 Å². The number of imide groups is 1. The summed E-state index contributed by atoms with van der Waals surface area (Å²) in [5, 5.41) is 0.292. The van der Waals surface area contributed by atoms with Gasteiger partial charge in [-0.3, -0.25) is 14.5 Å². The Labute approximate surface area is 206 Å². The van der Waals surface area contributed by atoms with E-state index in [1.54, 1.807) is 6.08 Å². The number of benzene rings is 2. The van der Waals surface area contributed by atoms with E-state index >= 15 is 0 Å². The predicted molar refractivity (Wildman–Crippen MR) is 138 cm³/mol. The number of carbonyl (C=O) groups excluding carboxylic acids is 2. The number of allylic oxidation sites excluding steroid dienone is 1. The number of likely N-dealkylation sites (N-methyl/N-ethyl adjacent to an activating group) is 1. The number of halogens is 2. The second kappa shape index (κ2) is 8.73. The van der Waals surface area contributed by atoms with Gasteiger partial charge in [0, 0.05) is 27.3 Å². The lowest BCUT2D eigenvalue weighted by Gasteiger charge is -2.43. The summed E-state index contributed by atoms with van der Waals surface area (Å²) >= 11 is 11.0. The van der Waals surface area contributed by atoms with E-state index in [0.29, 0.717) is 9.93 Å². The minimum absolute atomic E-state index is 0.105. The number of carbonyl (C=O) groups is 2. The number of nitrogens with zero attached hydrogens (tertiary/aromatic N) is 2. The topological polar surface area (TPSA) is 40.6 Å². The first-order valence-corrected chi connectivity index (χ1v) is 12.4. The maximum absolute atomic E-state index is 13.0. The highest BCUT2D eigenvalue weighted by Gasteiger charge is 2.36. The third-order valence-corrected chi connectivity index (χ3v) is 7.59. The summed E-state index contributed by atoms with van der Waals surface area (Å²) in [6, 6.07) is 11.6. The van der Waals surface area contributed by atoms with Crippen molar-refractivity contribution in [1.82, 2.24) is 4.90 Å². The molecule has 4 rings (SSSR count). The molecule has 7 heteroatoms. The predicted octanol–water partition coefficient (Wildman–Crippen LogP) is 7.36. The molecule has 166 valence electrons. The minimum Gasteiger partial charge on any atom is -0.363 e. The quantitative estimate of drug-likeness (QED) is 0.386. The lowest BCUT2D eigenvalue weighted by Crippen LogP contribution is -2.44. The van der Waals surface area contributed by atoms with E-state index < -0.39 is 0 Å². The highest BCUT2D eigenvalue weighted by molar-refractivity contribution is 9.10. The molecule has 1 fully saturated rings. The van der Waals surface area contributed by atoms with E-state index in [-0.39, 0.29) is 23.2 Å². The third kappa shape index (κ3) is 4.28. The van der Waals surface area contributed by atoms with Crippen LogP contribution in [0.4, 0.5) is 10.5 Å². The molecule has 0 aliphatic carbocycles. The fourth-order valence-electron chi connectivity index (χ4n) is 4.35. The van der Waals surface area contributed by atoms with Crippen LogP contribution in [0.25, 0.3) is 11.6 Å². The SMILES string of the molecule is CCN1c2cc(Cl)c(/C=C3/SC(=O)N(Cc4ccc(Br)cc4)C3=O)cc2C(C)=CC1(C)C. The van der Waals surface area contributed by atoms with E-state index in [0.717, 1.165) is 45.2 Å². The molecule has 0 unspecified atom stereocenters. The van der Waals surface area contributed by atoms with Crippen molar-refractivity contribution in [3.05, 3.63) is 73.6 Å². The zero-order valence-electron chi connectivity index (χ0n) is 18.4. The molecule has 0 spiro atoms. The largest absolute Gasteiger partial charge is 0.363 e. The van der Waals surface area contributed by atoms with Crippen molar-refractivity contribution >= 4 is 67.8 Å². The Morgan fingerprint density at radius 3 is 2.50 bits per heavy atom. The van der Waals surface area contributed by atoms with Gasteiger partial charge < -0.3 is 4.90 Å². The fourth-order valence-corrected chi connectivity index (χ4v) is 5.66. The number of fused-ring (bicyclic) bond motifs is 1. The Bertz CT molecular complexity index is 1170. The Morgan fingerprint density at radius 2 is 1.84 bits per heavy atom. The normalized spacial score (nSPS) is 18.9. The van der Waals surface area contributed by atoms with Gasteiger partial charge >= 0.3 is 0 Å².